The lowest BCUT2D eigenvalue weighted by atomic mass is 9.43. The van der Waals surface area contributed by atoms with E-state index in [1.807, 2.05) is 0 Å². The molecule has 1 spiro atoms. The minimum atomic E-state index is -0.373. The highest BCUT2D eigenvalue weighted by molar-refractivity contribution is 6.62. The monoisotopic (exact) mass is 577 g/mol. The topological polar surface area (TPSA) is 23.4 Å². The molecule has 220 valence electrons. The normalized spacial score (nSPS) is 30.5. The molecule has 1 aliphatic heterocycles. The van der Waals surface area contributed by atoms with E-state index < -0.39 is 0 Å². The van der Waals surface area contributed by atoms with Crippen molar-refractivity contribution in [1.29, 1.82) is 0 Å². The second kappa shape index (κ2) is 8.47. The molecule has 3 nitrogen and oxygen atoms in total. The zero-order chi connectivity index (χ0) is 29.6. The Morgan fingerprint density at radius 1 is 0.614 bits per heavy atom. The number of benzene rings is 4. The molecule has 0 unspecified atom stereocenters. The van der Waals surface area contributed by atoms with Gasteiger partial charge < -0.3 is 13.9 Å². The van der Waals surface area contributed by atoms with Crippen LogP contribution in [0.25, 0.3) is 38.6 Å². The molecule has 1 aromatic heterocycles. The van der Waals surface area contributed by atoms with Gasteiger partial charge >= 0.3 is 7.12 Å². The average Bonchev–Trinajstić information content (AvgIpc) is 3.57. The number of rotatable bonds is 2. The highest BCUT2D eigenvalue weighted by Crippen LogP contribution is 2.69. The van der Waals surface area contributed by atoms with Gasteiger partial charge in [0.25, 0.3) is 0 Å². The van der Waals surface area contributed by atoms with Gasteiger partial charge in [-0.05, 0) is 135 Å². The van der Waals surface area contributed by atoms with Crippen LogP contribution in [-0.4, -0.2) is 22.9 Å². The van der Waals surface area contributed by atoms with E-state index in [0.717, 1.165) is 29.1 Å². The summed E-state index contributed by atoms with van der Waals surface area (Å²) in [6.45, 7) is 8.50. The maximum absolute atomic E-state index is 6.47. The molecule has 5 fully saturated rings. The summed E-state index contributed by atoms with van der Waals surface area (Å²) in [5.41, 5.74) is 10.5. The number of hydrogen-bond acceptors (Lipinski definition) is 2. The van der Waals surface area contributed by atoms with E-state index in [0.29, 0.717) is 0 Å². The second-order valence-electron chi connectivity index (χ2n) is 15.7. The number of aromatic nitrogens is 1. The minimum Gasteiger partial charge on any atom is -0.399 e. The molecule has 0 N–H and O–H groups in total. The van der Waals surface area contributed by atoms with E-state index in [-0.39, 0.29) is 23.7 Å². The molecule has 4 saturated carbocycles. The van der Waals surface area contributed by atoms with Crippen molar-refractivity contribution in [3.63, 3.8) is 0 Å². The number of nitrogens with zero attached hydrogens (tertiary/aromatic N) is 1. The summed E-state index contributed by atoms with van der Waals surface area (Å²) in [6.07, 6.45) is 7.10. The van der Waals surface area contributed by atoms with Gasteiger partial charge in [-0.3, -0.25) is 0 Å². The Bertz CT molecular complexity index is 1970. The van der Waals surface area contributed by atoms with Gasteiger partial charge in [-0.15, -0.1) is 0 Å². The predicted molar refractivity (Wildman–Crippen MR) is 180 cm³/mol. The molecule has 4 bridgehead atoms. The predicted octanol–water partition coefficient (Wildman–Crippen LogP) is 8.81. The molecule has 0 atom stereocenters. The summed E-state index contributed by atoms with van der Waals surface area (Å²) in [7, 11) is -0.373. The third-order valence-corrected chi connectivity index (χ3v) is 13.0. The van der Waals surface area contributed by atoms with Gasteiger partial charge in [-0.25, -0.2) is 0 Å². The van der Waals surface area contributed by atoms with E-state index in [1.54, 1.807) is 11.1 Å². The van der Waals surface area contributed by atoms with E-state index in [4.69, 9.17) is 9.31 Å². The molecule has 4 aromatic carbocycles. The Balaban J connectivity index is 1.17. The summed E-state index contributed by atoms with van der Waals surface area (Å²) >= 11 is 0. The van der Waals surface area contributed by atoms with Crippen LogP contribution in [0.1, 0.15) is 70.9 Å². The Kier molecular flexibility index (Phi) is 4.99. The highest BCUT2D eigenvalue weighted by Gasteiger charge is 2.61. The van der Waals surface area contributed by atoms with Gasteiger partial charge in [-0.1, -0.05) is 60.7 Å². The van der Waals surface area contributed by atoms with E-state index in [9.17, 15) is 0 Å². The molecule has 4 heteroatoms. The lowest BCUT2D eigenvalue weighted by Gasteiger charge is -2.61. The van der Waals surface area contributed by atoms with Crippen LogP contribution in [0.4, 0.5) is 0 Å². The zero-order valence-electron chi connectivity index (χ0n) is 26.3. The SMILES string of the molecule is CC1(C)OB(c2ccc3c(c2)c2ccccc2n3-c2ccc3c(c2)C2(c4ccccc4-3)C3CC4CC(C3)CC2C4)OC1(C)C. The van der Waals surface area contributed by atoms with E-state index in [2.05, 4.69) is 117 Å². The minimum absolute atomic E-state index is 0.165. The largest absolute Gasteiger partial charge is 0.494 e. The molecule has 44 heavy (non-hydrogen) atoms. The number of para-hydroxylation sites is 1. The molecule has 0 radical (unpaired) electrons. The van der Waals surface area contributed by atoms with Crippen molar-refractivity contribution in [3.05, 3.63) is 96.1 Å². The number of fused-ring (bicyclic) bond motifs is 6. The first kappa shape index (κ1) is 25.9. The zero-order valence-corrected chi connectivity index (χ0v) is 26.3. The van der Waals surface area contributed by atoms with Crippen LogP contribution in [0.3, 0.4) is 0 Å². The van der Waals surface area contributed by atoms with Crippen molar-refractivity contribution < 1.29 is 9.31 Å². The lowest BCUT2D eigenvalue weighted by molar-refractivity contribution is -0.0399. The van der Waals surface area contributed by atoms with Gasteiger partial charge in [0.2, 0.25) is 0 Å². The molecular formula is C40H40BNO2. The fourth-order valence-electron chi connectivity index (χ4n) is 10.7. The first-order chi connectivity index (χ1) is 21.2. The molecule has 0 amide bonds. The molecule has 5 aliphatic carbocycles. The second-order valence-corrected chi connectivity index (χ2v) is 15.7. The van der Waals surface area contributed by atoms with Crippen LogP contribution in [-0.2, 0) is 14.7 Å². The quantitative estimate of drug-likeness (QED) is 0.196. The molecule has 6 aliphatic rings. The van der Waals surface area contributed by atoms with Crippen molar-refractivity contribution in [1.82, 2.24) is 4.57 Å². The van der Waals surface area contributed by atoms with Crippen LogP contribution < -0.4 is 5.46 Å². The molecule has 2 heterocycles. The third-order valence-electron chi connectivity index (χ3n) is 13.0. The molecule has 1 saturated heterocycles. The molecule has 11 rings (SSSR count). The Morgan fingerprint density at radius 2 is 1.25 bits per heavy atom. The van der Waals surface area contributed by atoms with Crippen LogP contribution in [0.15, 0.2) is 84.9 Å². The van der Waals surface area contributed by atoms with Crippen molar-refractivity contribution in [2.45, 2.75) is 76.4 Å². The van der Waals surface area contributed by atoms with Crippen LogP contribution in [0.5, 0.6) is 0 Å². The molecular weight excluding hydrogens is 537 g/mol. The van der Waals surface area contributed by atoms with Crippen LogP contribution >= 0.6 is 0 Å². The Labute approximate surface area is 260 Å². The van der Waals surface area contributed by atoms with Crippen molar-refractivity contribution >= 4 is 34.4 Å². The van der Waals surface area contributed by atoms with Crippen molar-refractivity contribution in [3.8, 4) is 16.8 Å². The summed E-state index contributed by atoms with van der Waals surface area (Å²) in [5.74, 6) is 3.41. The third kappa shape index (κ3) is 3.16. The maximum atomic E-state index is 6.47. The highest BCUT2D eigenvalue weighted by atomic mass is 16.7. The smallest absolute Gasteiger partial charge is 0.399 e. The summed E-state index contributed by atoms with van der Waals surface area (Å²) in [5, 5.41) is 2.52. The Hall–Kier alpha value is -3.34. The van der Waals surface area contributed by atoms with E-state index in [1.165, 1.54) is 70.7 Å². The fraction of sp³-hybridized carbons (Fsp3) is 0.400. The molecule has 5 aromatic rings. The summed E-state index contributed by atoms with van der Waals surface area (Å²) in [4.78, 5) is 0. The van der Waals surface area contributed by atoms with E-state index >= 15 is 0 Å². The number of hydrogen-bond donors (Lipinski definition) is 0. The fourth-order valence-corrected chi connectivity index (χ4v) is 10.7. The van der Waals surface area contributed by atoms with Crippen LogP contribution in [0.2, 0.25) is 0 Å². The summed E-state index contributed by atoms with van der Waals surface area (Å²) < 4.78 is 15.4. The van der Waals surface area contributed by atoms with Gasteiger partial charge in [-0.2, -0.15) is 0 Å². The Morgan fingerprint density at radius 3 is 2.00 bits per heavy atom. The van der Waals surface area contributed by atoms with Gasteiger partial charge in [0.05, 0.1) is 22.2 Å². The van der Waals surface area contributed by atoms with Gasteiger partial charge in [0.1, 0.15) is 0 Å². The maximum Gasteiger partial charge on any atom is 0.494 e. The average molecular weight is 578 g/mol. The lowest BCUT2D eigenvalue weighted by Crippen LogP contribution is -2.55. The van der Waals surface area contributed by atoms with Crippen LogP contribution in [0, 0.1) is 23.7 Å². The first-order valence-corrected chi connectivity index (χ1v) is 16.9. The van der Waals surface area contributed by atoms with Crippen molar-refractivity contribution in [2.24, 2.45) is 23.7 Å². The van der Waals surface area contributed by atoms with Gasteiger partial charge in [0.15, 0.2) is 0 Å². The van der Waals surface area contributed by atoms with Crippen molar-refractivity contribution in [2.75, 3.05) is 0 Å². The van der Waals surface area contributed by atoms with Gasteiger partial charge in [0, 0.05) is 21.9 Å². The summed E-state index contributed by atoms with van der Waals surface area (Å²) in [6, 6.07) is 32.5. The standard InChI is InChI=1S/C40H40BNO2/c1-38(2)39(3,4)44-41(43-38)28-13-16-37-33(22-28)32-10-6-8-12-36(32)42(37)29-14-15-31-30-9-5-7-11-34(30)40(35(31)23-29)26-18-24-17-25(20-26)21-27(40)19-24/h5-16,22-27H,17-21H2,1-4H3. The first-order valence-electron chi connectivity index (χ1n) is 16.9.